The number of unbranched alkanes of at least 4 members (excludes halogenated alkanes) is 1. The Balaban J connectivity index is 3.01. The Morgan fingerprint density at radius 3 is 2.44 bits per heavy atom. The van der Waals surface area contributed by atoms with E-state index in [1.54, 1.807) is 25.1 Å². The number of ether oxygens (including phenoxy) is 3. The van der Waals surface area contributed by atoms with Crippen LogP contribution in [0, 0.1) is 0 Å². The molecule has 0 saturated carbocycles. The van der Waals surface area contributed by atoms with Gasteiger partial charge in [0.15, 0.2) is 0 Å². The van der Waals surface area contributed by atoms with Gasteiger partial charge in [-0.05, 0) is 38.0 Å². The summed E-state index contributed by atoms with van der Waals surface area (Å²) in [5, 5.41) is 2.82. The number of carbonyl (C=O) groups is 2. The summed E-state index contributed by atoms with van der Waals surface area (Å²) in [6.07, 6.45) is 3.30. The molecule has 1 atom stereocenters. The number of nitrogens with one attached hydrogen (secondary N) is 1. The fourth-order valence-electron chi connectivity index (χ4n) is 2.30. The molecule has 0 radical (unpaired) electrons. The van der Waals surface area contributed by atoms with Crippen molar-refractivity contribution in [1.82, 2.24) is 0 Å². The van der Waals surface area contributed by atoms with Crippen LogP contribution in [0.2, 0.25) is 0 Å². The average molecular weight is 351 g/mol. The molecule has 0 aliphatic carbocycles. The van der Waals surface area contributed by atoms with Gasteiger partial charge in [0.2, 0.25) is 0 Å². The molecule has 0 heterocycles. The maximum Gasteiger partial charge on any atom is 0.341 e. The van der Waals surface area contributed by atoms with Gasteiger partial charge in [0, 0.05) is 12.8 Å². The van der Waals surface area contributed by atoms with Crippen molar-refractivity contribution in [3.05, 3.63) is 23.8 Å². The smallest absolute Gasteiger partial charge is 0.341 e. The second-order valence-electron chi connectivity index (χ2n) is 6.04. The van der Waals surface area contributed by atoms with Crippen molar-refractivity contribution in [2.75, 3.05) is 26.1 Å². The van der Waals surface area contributed by atoms with Crippen LogP contribution in [0.1, 0.15) is 56.8 Å². The van der Waals surface area contributed by atoms with Crippen molar-refractivity contribution in [3.8, 4) is 5.75 Å². The molecule has 0 spiro atoms. The van der Waals surface area contributed by atoms with E-state index in [4.69, 9.17) is 14.2 Å². The van der Waals surface area contributed by atoms with Crippen molar-refractivity contribution < 1.29 is 23.8 Å². The van der Waals surface area contributed by atoms with Gasteiger partial charge in [-0.2, -0.15) is 0 Å². The van der Waals surface area contributed by atoms with Gasteiger partial charge in [-0.3, -0.25) is 4.79 Å². The average Bonchev–Trinajstić information content (AvgIpc) is 2.64. The topological polar surface area (TPSA) is 73.9 Å². The second kappa shape index (κ2) is 10.0. The summed E-state index contributed by atoms with van der Waals surface area (Å²) >= 11 is 0. The minimum absolute atomic E-state index is 0.249. The molecular weight excluding hydrogens is 322 g/mol. The van der Waals surface area contributed by atoms with Gasteiger partial charge >= 0.3 is 5.97 Å². The molecule has 0 aliphatic rings. The lowest BCUT2D eigenvalue weighted by molar-refractivity contribution is -0.136. The maximum atomic E-state index is 12.6. The van der Waals surface area contributed by atoms with Crippen molar-refractivity contribution in [2.45, 2.75) is 52.1 Å². The zero-order chi connectivity index (χ0) is 18.9. The van der Waals surface area contributed by atoms with E-state index >= 15 is 0 Å². The molecule has 0 fully saturated rings. The summed E-state index contributed by atoms with van der Waals surface area (Å²) < 4.78 is 15.8. The van der Waals surface area contributed by atoms with E-state index in [1.807, 2.05) is 6.92 Å². The van der Waals surface area contributed by atoms with Crippen molar-refractivity contribution in [3.63, 3.8) is 0 Å². The van der Waals surface area contributed by atoms with E-state index in [-0.39, 0.29) is 11.5 Å². The van der Waals surface area contributed by atoms with E-state index in [9.17, 15) is 9.59 Å². The Morgan fingerprint density at radius 2 is 1.88 bits per heavy atom. The van der Waals surface area contributed by atoms with Gasteiger partial charge in [-0.1, -0.05) is 26.7 Å². The lowest BCUT2D eigenvalue weighted by Crippen LogP contribution is -2.41. The minimum Gasteiger partial charge on any atom is -0.493 e. The Labute approximate surface area is 149 Å². The van der Waals surface area contributed by atoms with Crippen LogP contribution in [0.3, 0.4) is 0 Å². The van der Waals surface area contributed by atoms with Crippen LogP contribution in [0.4, 0.5) is 5.69 Å². The third kappa shape index (κ3) is 5.74. The molecule has 1 amide bonds. The molecular formula is C19H29NO5. The first kappa shape index (κ1) is 21.0. The zero-order valence-corrected chi connectivity index (χ0v) is 15.8. The summed E-state index contributed by atoms with van der Waals surface area (Å²) in [7, 11) is 2.83. The molecule has 1 N–H and O–H groups in total. The summed E-state index contributed by atoms with van der Waals surface area (Å²) in [6, 6.07) is 4.92. The highest BCUT2D eigenvalue weighted by molar-refractivity contribution is 5.99. The second-order valence-corrected chi connectivity index (χ2v) is 6.04. The number of methoxy groups -OCH3 is 2. The Hall–Kier alpha value is -2.08. The molecule has 0 bridgehead atoms. The molecule has 1 rings (SSSR count). The fourth-order valence-corrected chi connectivity index (χ4v) is 2.30. The third-order valence-electron chi connectivity index (χ3n) is 4.04. The normalized spacial score (nSPS) is 13.0. The minimum atomic E-state index is -0.918. The molecule has 6 heteroatoms. The van der Waals surface area contributed by atoms with E-state index < -0.39 is 11.6 Å². The van der Waals surface area contributed by atoms with Gasteiger partial charge in [0.25, 0.3) is 5.91 Å². The Kier molecular flexibility index (Phi) is 8.41. The van der Waals surface area contributed by atoms with Crippen LogP contribution in [0.5, 0.6) is 5.75 Å². The summed E-state index contributed by atoms with van der Waals surface area (Å²) in [4.78, 5) is 24.6. The lowest BCUT2D eigenvalue weighted by Gasteiger charge is -2.27. The number of anilines is 1. The number of amides is 1. The first-order valence-corrected chi connectivity index (χ1v) is 8.63. The fraction of sp³-hybridized carbons (Fsp3) is 0.579. The monoisotopic (exact) mass is 351 g/mol. The summed E-state index contributed by atoms with van der Waals surface area (Å²) in [5.41, 5.74) is -0.144. The highest BCUT2D eigenvalue weighted by Gasteiger charge is 2.32. The Bertz CT molecular complexity index is 587. The highest BCUT2D eigenvalue weighted by Crippen LogP contribution is 2.26. The number of hydrogen-bond donors (Lipinski definition) is 1. The lowest BCUT2D eigenvalue weighted by atomic mass is 9.97. The molecule has 0 aliphatic heterocycles. The Morgan fingerprint density at radius 1 is 1.16 bits per heavy atom. The summed E-state index contributed by atoms with van der Waals surface area (Å²) in [5.74, 6) is -0.323. The predicted molar refractivity (Wildman–Crippen MR) is 97.1 cm³/mol. The van der Waals surface area contributed by atoms with Gasteiger partial charge in [-0.25, -0.2) is 4.79 Å². The third-order valence-corrected chi connectivity index (χ3v) is 4.04. The molecule has 0 saturated heterocycles. The van der Waals surface area contributed by atoms with Crippen LogP contribution in [0.25, 0.3) is 0 Å². The quantitative estimate of drug-likeness (QED) is 0.649. The van der Waals surface area contributed by atoms with Crippen molar-refractivity contribution in [1.29, 1.82) is 0 Å². The van der Waals surface area contributed by atoms with Crippen LogP contribution in [-0.4, -0.2) is 38.3 Å². The van der Waals surface area contributed by atoms with E-state index in [2.05, 4.69) is 12.2 Å². The molecule has 25 heavy (non-hydrogen) atoms. The molecule has 0 aromatic heterocycles. The van der Waals surface area contributed by atoms with E-state index in [0.29, 0.717) is 24.5 Å². The van der Waals surface area contributed by atoms with Gasteiger partial charge in [0.05, 0.1) is 13.7 Å². The van der Waals surface area contributed by atoms with Crippen LogP contribution >= 0.6 is 0 Å². The van der Waals surface area contributed by atoms with E-state index in [1.165, 1.54) is 14.2 Å². The highest BCUT2D eigenvalue weighted by atomic mass is 16.5. The van der Waals surface area contributed by atoms with Gasteiger partial charge < -0.3 is 19.5 Å². The molecule has 1 aromatic rings. The van der Waals surface area contributed by atoms with Gasteiger partial charge in [0.1, 0.15) is 16.9 Å². The number of benzene rings is 1. The maximum absolute atomic E-state index is 12.6. The van der Waals surface area contributed by atoms with Crippen LogP contribution < -0.4 is 10.1 Å². The number of hydrogen-bond acceptors (Lipinski definition) is 5. The van der Waals surface area contributed by atoms with Crippen LogP contribution in [-0.2, 0) is 14.3 Å². The predicted octanol–water partition coefficient (Wildman–Crippen LogP) is 3.80. The first-order valence-electron chi connectivity index (χ1n) is 8.63. The number of carbonyl (C=O) groups excluding carboxylic acids is 2. The largest absolute Gasteiger partial charge is 0.493 e. The van der Waals surface area contributed by atoms with Crippen molar-refractivity contribution in [2.24, 2.45) is 0 Å². The van der Waals surface area contributed by atoms with Gasteiger partial charge in [-0.15, -0.1) is 0 Å². The molecule has 1 unspecified atom stereocenters. The molecule has 6 nitrogen and oxygen atoms in total. The van der Waals surface area contributed by atoms with Crippen LogP contribution in [0.15, 0.2) is 18.2 Å². The zero-order valence-electron chi connectivity index (χ0n) is 15.8. The van der Waals surface area contributed by atoms with E-state index in [0.717, 1.165) is 19.3 Å². The van der Waals surface area contributed by atoms with Crippen molar-refractivity contribution >= 4 is 17.6 Å². The number of rotatable bonds is 10. The molecule has 1 aromatic carbocycles. The molecule has 140 valence electrons. The SMILES string of the molecule is CCCCC(C)(OC)C(=O)Nc1ccc(OCCC)c(C(=O)OC)c1. The number of esters is 1. The summed E-state index contributed by atoms with van der Waals surface area (Å²) in [6.45, 7) is 6.30. The standard InChI is InChI=1S/C19H29NO5/c1-6-8-11-19(3,24-5)18(22)20-14-9-10-16(25-12-7-2)15(13-14)17(21)23-4/h9-10,13H,6-8,11-12H2,1-5H3,(H,20,22). The first-order chi connectivity index (χ1) is 11.9.